The molecule has 1 saturated carbocycles. The van der Waals surface area contributed by atoms with E-state index in [2.05, 4.69) is 32.0 Å². The molecule has 1 N–H and O–H groups in total. The molecule has 1 aromatic heterocycles. The Bertz CT molecular complexity index is 438. The summed E-state index contributed by atoms with van der Waals surface area (Å²) in [7, 11) is 1.90. The Morgan fingerprint density at radius 2 is 2.20 bits per heavy atom. The minimum atomic E-state index is 0. The van der Waals surface area contributed by atoms with E-state index < -0.39 is 0 Å². The van der Waals surface area contributed by atoms with Crippen molar-refractivity contribution < 1.29 is 0 Å². The molecule has 0 aromatic carbocycles. The van der Waals surface area contributed by atoms with Crippen LogP contribution in [0.5, 0.6) is 0 Å². The minimum absolute atomic E-state index is 0. The third kappa shape index (κ3) is 3.47. The molecule has 1 spiro atoms. The number of likely N-dealkylation sites (tertiary alicyclic amines) is 1. The number of guanidine groups is 1. The van der Waals surface area contributed by atoms with Gasteiger partial charge in [-0.1, -0.05) is 12.8 Å². The fourth-order valence-corrected chi connectivity index (χ4v) is 4.22. The summed E-state index contributed by atoms with van der Waals surface area (Å²) in [6, 6.07) is 2.17. The zero-order valence-corrected chi connectivity index (χ0v) is 15.2. The van der Waals surface area contributed by atoms with Crippen molar-refractivity contribution in [2.45, 2.75) is 38.6 Å². The Balaban J connectivity index is 0.00000147. The van der Waals surface area contributed by atoms with Gasteiger partial charge in [0.2, 0.25) is 0 Å². The van der Waals surface area contributed by atoms with Gasteiger partial charge in [-0.3, -0.25) is 4.99 Å². The van der Waals surface area contributed by atoms with Crippen LogP contribution in [-0.2, 0) is 6.54 Å². The highest BCUT2D eigenvalue weighted by molar-refractivity contribution is 14.0. The molecule has 2 aliphatic rings. The summed E-state index contributed by atoms with van der Waals surface area (Å²) in [5.41, 5.74) is 1.96. The van der Waals surface area contributed by atoms with Crippen molar-refractivity contribution in [3.05, 3.63) is 22.4 Å². The Morgan fingerprint density at radius 1 is 1.40 bits per heavy atom. The molecular weight excluding hydrogens is 381 g/mol. The van der Waals surface area contributed by atoms with Gasteiger partial charge in [0.1, 0.15) is 0 Å². The number of nitrogens with zero attached hydrogens (tertiary/aromatic N) is 2. The molecule has 3 rings (SSSR count). The van der Waals surface area contributed by atoms with E-state index in [1.165, 1.54) is 50.8 Å². The maximum atomic E-state index is 4.46. The molecule has 0 bridgehead atoms. The van der Waals surface area contributed by atoms with Gasteiger partial charge in [-0.25, -0.2) is 0 Å². The summed E-state index contributed by atoms with van der Waals surface area (Å²) in [6.07, 6.45) is 7.05. The van der Waals surface area contributed by atoms with Gasteiger partial charge in [0.25, 0.3) is 0 Å². The second kappa shape index (κ2) is 7.11. The number of halogens is 1. The summed E-state index contributed by atoms with van der Waals surface area (Å²) >= 11 is 1.75. The Morgan fingerprint density at radius 3 is 2.85 bits per heavy atom. The second-order valence-electron chi connectivity index (χ2n) is 5.91. The van der Waals surface area contributed by atoms with Crippen molar-refractivity contribution >= 4 is 41.3 Å². The average molecular weight is 405 g/mol. The van der Waals surface area contributed by atoms with Crippen molar-refractivity contribution in [2.75, 3.05) is 20.1 Å². The van der Waals surface area contributed by atoms with Crippen molar-refractivity contribution in [1.29, 1.82) is 0 Å². The van der Waals surface area contributed by atoms with Crippen molar-refractivity contribution in [1.82, 2.24) is 10.2 Å². The van der Waals surface area contributed by atoms with Gasteiger partial charge in [0, 0.05) is 26.7 Å². The van der Waals surface area contributed by atoms with Crippen LogP contribution in [-0.4, -0.2) is 31.0 Å². The normalized spacial score (nSPS) is 21.2. The van der Waals surface area contributed by atoms with Crippen LogP contribution >= 0.6 is 35.3 Å². The molecule has 1 aliphatic heterocycles. The first-order valence-electron chi connectivity index (χ1n) is 7.28. The summed E-state index contributed by atoms with van der Waals surface area (Å²) in [4.78, 5) is 6.91. The van der Waals surface area contributed by atoms with E-state index in [0.717, 1.165) is 12.5 Å². The SMILES string of the molecule is CN=C(NCc1ccsc1)N1CCC2(CCCC2)C1.I. The molecule has 112 valence electrons. The van der Waals surface area contributed by atoms with E-state index in [1.807, 2.05) is 7.05 Å². The number of aliphatic imine (C=N–C) groups is 1. The minimum Gasteiger partial charge on any atom is -0.352 e. The molecule has 1 aliphatic carbocycles. The molecule has 0 unspecified atom stereocenters. The topological polar surface area (TPSA) is 27.6 Å². The fraction of sp³-hybridized carbons (Fsp3) is 0.667. The molecule has 3 nitrogen and oxygen atoms in total. The number of rotatable bonds is 2. The fourth-order valence-electron chi connectivity index (χ4n) is 3.56. The Labute approximate surface area is 142 Å². The van der Waals surface area contributed by atoms with E-state index in [4.69, 9.17) is 0 Å². The molecule has 5 heteroatoms. The molecule has 0 radical (unpaired) electrons. The average Bonchev–Trinajstić information content (AvgIpc) is 3.15. The van der Waals surface area contributed by atoms with E-state index in [1.54, 1.807) is 11.3 Å². The maximum absolute atomic E-state index is 4.46. The lowest BCUT2D eigenvalue weighted by Gasteiger charge is -2.25. The van der Waals surface area contributed by atoms with Crippen LogP contribution in [0, 0.1) is 5.41 Å². The third-order valence-electron chi connectivity index (χ3n) is 4.64. The number of thiophene rings is 1. The van der Waals surface area contributed by atoms with Crippen molar-refractivity contribution in [3.63, 3.8) is 0 Å². The molecule has 2 fully saturated rings. The summed E-state index contributed by atoms with van der Waals surface area (Å²) in [5.74, 6) is 1.08. The van der Waals surface area contributed by atoms with Gasteiger partial charge in [-0.2, -0.15) is 11.3 Å². The van der Waals surface area contributed by atoms with Gasteiger partial charge in [-0.05, 0) is 47.1 Å². The van der Waals surface area contributed by atoms with Gasteiger partial charge in [-0.15, -0.1) is 24.0 Å². The van der Waals surface area contributed by atoms with Gasteiger partial charge in [0.05, 0.1) is 0 Å². The first-order valence-corrected chi connectivity index (χ1v) is 8.22. The van der Waals surface area contributed by atoms with Crippen molar-refractivity contribution in [2.24, 2.45) is 10.4 Å². The highest BCUT2D eigenvalue weighted by Crippen LogP contribution is 2.45. The molecule has 0 atom stereocenters. The molecule has 1 saturated heterocycles. The van der Waals surface area contributed by atoms with Crippen LogP contribution in [0.4, 0.5) is 0 Å². The summed E-state index contributed by atoms with van der Waals surface area (Å²) in [5, 5.41) is 7.83. The lowest BCUT2D eigenvalue weighted by Crippen LogP contribution is -2.40. The van der Waals surface area contributed by atoms with Gasteiger partial charge >= 0.3 is 0 Å². The lowest BCUT2D eigenvalue weighted by molar-refractivity contribution is 0.309. The van der Waals surface area contributed by atoms with Crippen LogP contribution < -0.4 is 5.32 Å². The highest BCUT2D eigenvalue weighted by Gasteiger charge is 2.40. The standard InChI is InChI=1S/C15H23N3S.HI/c1-16-14(17-10-13-4-9-19-11-13)18-8-7-15(12-18)5-2-3-6-15;/h4,9,11H,2-3,5-8,10,12H2,1H3,(H,16,17);1H. The van der Waals surface area contributed by atoms with Crippen LogP contribution in [0.15, 0.2) is 21.8 Å². The van der Waals surface area contributed by atoms with E-state index in [9.17, 15) is 0 Å². The first kappa shape index (κ1) is 16.1. The monoisotopic (exact) mass is 405 g/mol. The van der Waals surface area contributed by atoms with Crippen LogP contribution in [0.2, 0.25) is 0 Å². The first-order chi connectivity index (χ1) is 9.31. The van der Waals surface area contributed by atoms with E-state index in [0.29, 0.717) is 5.41 Å². The van der Waals surface area contributed by atoms with Crippen LogP contribution in [0.25, 0.3) is 0 Å². The number of nitrogens with one attached hydrogen (secondary N) is 1. The Hall–Kier alpha value is -0.300. The predicted molar refractivity (Wildman–Crippen MR) is 97.0 cm³/mol. The zero-order valence-electron chi connectivity index (χ0n) is 12.1. The predicted octanol–water partition coefficient (Wildman–Crippen LogP) is 3.71. The zero-order chi connectivity index (χ0) is 13.1. The van der Waals surface area contributed by atoms with Crippen molar-refractivity contribution in [3.8, 4) is 0 Å². The number of hydrogen-bond acceptors (Lipinski definition) is 2. The van der Waals surface area contributed by atoms with Crippen LogP contribution in [0.3, 0.4) is 0 Å². The van der Waals surface area contributed by atoms with Crippen LogP contribution in [0.1, 0.15) is 37.7 Å². The van der Waals surface area contributed by atoms with E-state index >= 15 is 0 Å². The summed E-state index contributed by atoms with van der Waals surface area (Å²) in [6.45, 7) is 3.26. The smallest absolute Gasteiger partial charge is 0.193 e. The molecule has 1 aromatic rings. The maximum Gasteiger partial charge on any atom is 0.193 e. The summed E-state index contributed by atoms with van der Waals surface area (Å²) < 4.78 is 0. The van der Waals surface area contributed by atoms with Gasteiger partial charge in [0.15, 0.2) is 5.96 Å². The second-order valence-corrected chi connectivity index (χ2v) is 6.69. The van der Waals surface area contributed by atoms with E-state index in [-0.39, 0.29) is 24.0 Å². The lowest BCUT2D eigenvalue weighted by atomic mass is 9.86. The Kier molecular flexibility index (Phi) is 5.72. The van der Waals surface area contributed by atoms with Gasteiger partial charge < -0.3 is 10.2 Å². The largest absolute Gasteiger partial charge is 0.352 e. The molecule has 20 heavy (non-hydrogen) atoms. The molecule has 2 heterocycles. The molecular formula is C15H24IN3S. The highest BCUT2D eigenvalue weighted by atomic mass is 127. The number of hydrogen-bond donors (Lipinski definition) is 1. The third-order valence-corrected chi connectivity index (χ3v) is 5.38. The molecule has 0 amide bonds. The quantitative estimate of drug-likeness (QED) is 0.462.